The Morgan fingerprint density at radius 1 is 1.09 bits per heavy atom. The Labute approximate surface area is 197 Å². The second kappa shape index (κ2) is 9.96. The molecule has 2 atom stereocenters. The molecular formula is C24H27ClN4O2S. The van der Waals surface area contributed by atoms with Gasteiger partial charge in [-0.25, -0.2) is 4.98 Å². The molecule has 1 N–H and O–H groups in total. The number of nitrogens with zero attached hydrogens (tertiary/aromatic N) is 3. The third-order valence-corrected chi connectivity index (χ3v) is 7.18. The van der Waals surface area contributed by atoms with E-state index >= 15 is 0 Å². The zero-order valence-electron chi connectivity index (χ0n) is 18.3. The van der Waals surface area contributed by atoms with Gasteiger partial charge in [-0.2, -0.15) is 0 Å². The summed E-state index contributed by atoms with van der Waals surface area (Å²) in [5.41, 5.74) is 2.29. The monoisotopic (exact) mass is 470 g/mol. The highest BCUT2D eigenvalue weighted by molar-refractivity contribution is 7.99. The fraction of sp³-hybridized carbons (Fsp3) is 0.375. The molecule has 4 rings (SSSR count). The number of imidazole rings is 1. The molecule has 0 aliphatic carbocycles. The number of carbonyl (C=O) groups excluding carboxylic acids is 2. The molecule has 1 fully saturated rings. The van der Waals surface area contributed by atoms with Gasteiger partial charge in [0.15, 0.2) is 5.16 Å². The van der Waals surface area contributed by atoms with Crippen LogP contribution in [-0.4, -0.2) is 44.1 Å². The van der Waals surface area contributed by atoms with Crippen LogP contribution in [-0.2, 0) is 16.1 Å². The number of aromatic nitrogens is 2. The maximum Gasteiger partial charge on any atom is 0.243 e. The zero-order valence-corrected chi connectivity index (χ0v) is 19.8. The number of hydrogen-bond acceptors (Lipinski definition) is 4. The first-order valence-corrected chi connectivity index (χ1v) is 12.2. The topological polar surface area (TPSA) is 67.2 Å². The van der Waals surface area contributed by atoms with Crippen LogP contribution in [0.1, 0.15) is 33.1 Å². The van der Waals surface area contributed by atoms with Crippen molar-refractivity contribution in [2.24, 2.45) is 0 Å². The van der Waals surface area contributed by atoms with Gasteiger partial charge in [0, 0.05) is 12.1 Å². The number of amides is 2. The lowest BCUT2D eigenvalue weighted by Crippen LogP contribution is -2.48. The lowest BCUT2D eigenvalue weighted by atomic mass is 9.97. The summed E-state index contributed by atoms with van der Waals surface area (Å²) in [6.45, 7) is 4.45. The molecular weight excluding hydrogens is 444 g/mol. The smallest absolute Gasteiger partial charge is 0.243 e. The number of hydrogen-bond donors (Lipinski definition) is 1. The molecule has 0 unspecified atom stereocenters. The predicted molar refractivity (Wildman–Crippen MR) is 130 cm³/mol. The Balaban J connectivity index is 1.52. The van der Waals surface area contributed by atoms with Gasteiger partial charge in [0.25, 0.3) is 0 Å². The fourth-order valence-electron chi connectivity index (χ4n) is 4.33. The Morgan fingerprint density at radius 3 is 2.53 bits per heavy atom. The summed E-state index contributed by atoms with van der Waals surface area (Å²) in [7, 11) is 0. The molecule has 6 nitrogen and oxygen atoms in total. The van der Waals surface area contributed by atoms with Crippen LogP contribution in [0.2, 0.25) is 5.02 Å². The minimum Gasteiger partial charge on any atom is -0.336 e. The first kappa shape index (κ1) is 22.7. The standard InChI is InChI=1S/C24H27ClN4O2S/c1-16-8-7-9-17(2)29(16)23(31)14-28-21-13-6-5-12-20(21)27-24(28)32-15-22(30)26-19-11-4-3-10-18(19)25/h3-6,10-13,16-17H,7-9,14-15H2,1-2H3,(H,26,30)/t16-,17-/m0/s1. The van der Waals surface area contributed by atoms with Gasteiger partial charge in [-0.3, -0.25) is 9.59 Å². The van der Waals surface area contributed by atoms with E-state index in [-0.39, 0.29) is 36.2 Å². The second-order valence-electron chi connectivity index (χ2n) is 8.22. The number of likely N-dealkylation sites (tertiary alicyclic amines) is 1. The molecule has 0 saturated carbocycles. The molecule has 3 aromatic rings. The lowest BCUT2D eigenvalue weighted by molar-refractivity contribution is -0.138. The third kappa shape index (κ3) is 4.94. The highest BCUT2D eigenvalue weighted by Gasteiger charge is 2.29. The SMILES string of the molecule is C[C@H]1CCC[C@H](C)N1C(=O)Cn1c(SCC(=O)Nc2ccccc2Cl)nc2ccccc21. The summed E-state index contributed by atoms with van der Waals surface area (Å²) in [4.78, 5) is 32.5. The van der Waals surface area contributed by atoms with Crippen molar-refractivity contribution in [2.75, 3.05) is 11.1 Å². The molecule has 0 bridgehead atoms. The first-order chi connectivity index (χ1) is 15.4. The Bertz CT molecular complexity index is 1120. The summed E-state index contributed by atoms with van der Waals surface area (Å²) in [6, 6.07) is 15.4. The van der Waals surface area contributed by atoms with Crippen LogP contribution in [0.25, 0.3) is 11.0 Å². The van der Waals surface area contributed by atoms with E-state index in [9.17, 15) is 9.59 Å². The Kier molecular flexibility index (Phi) is 7.06. The number of para-hydroxylation sites is 3. The van der Waals surface area contributed by atoms with Crippen LogP contribution in [0.4, 0.5) is 5.69 Å². The van der Waals surface area contributed by atoms with Crippen molar-refractivity contribution in [1.82, 2.24) is 14.5 Å². The van der Waals surface area contributed by atoms with Crippen molar-refractivity contribution in [1.29, 1.82) is 0 Å². The number of benzene rings is 2. The van der Waals surface area contributed by atoms with Crippen molar-refractivity contribution in [3.8, 4) is 0 Å². The molecule has 2 aromatic carbocycles. The summed E-state index contributed by atoms with van der Waals surface area (Å²) < 4.78 is 1.93. The number of rotatable bonds is 6. The number of nitrogens with one attached hydrogen (secondary N) is 1. The van der Waals surface area contributed by atoms with Crippen LogP contribution in [0.3, 0.4) is 0 Å². The summed E-state index contributed by atoms with van der Waals surface area (Å²) in [6.07, 6.45) is 3.22. The van der Waals surface area contributed by atoms with Gasteiger partial charge in [-0.05, 0) is 57.4 Å². The second-order valence-corrected chi connectivity index (χ2v) is 9.57. The van der Waals surface area contributed by atoms with Gasteiger partial charge < -0.3 is 14.8 Å². The zero-order chi connectivity index (χ0) is 22.7. The first-order valence-electron chi connectivity index (χ1n) is 10.9. The van der Waals surface area contributed by atoms with Gasteiger partial charge in [-0.1, -0.05) is 47.6 Å². The number of thioether (sulfide) groups is 1. The minimum atomic E-state index is -0.175. The number of halogens is 1. The molecule has 168 valence electrons. The molecule has 1 aliphatic rings. The minimum absolute atomic E-state index is 0.0928. The normalized spacial score (nSPS) is 18.7. The Morgan fingerprint density at radius 2 is 1.78 bits per heavy atom. The van der Waals surface area contributed by atoms with Gasteiger partial charge in [0.2, 0.25) is 11.8 Å². The molecule has 2 heterocycles. The van der Waals surface area contributed by atoms with E-state index in [2.05, 4.69) is 19.2 Å². The van der Waals surface area contributed by atoms with Crippen LogP contribution < -0.4 is 5.32 Å². The number of carbonyl (C=O) groups is 2. The van der Waals surface area contributed by atoms with E-state index in [1.807, 2.05) is 45.9 Å². The molecule has 2 amide bonds. The van der Waals surface area contributed by atoms with Gasteiger partial charge in [-0.15, -0.1) is 0 Å². The van der Waals surface area contributed by atoms with E-state index in [0.29, 0.717) is 15.9 Å². The van der Waals surface area contributed by atoms with Crippen LogP contribution in [0.15, 0.2) is 53.7 Å². The highest BCUT2D eigenvalue weighted by Crippen LogP contribution is 2.27. The van der Waals surface area contributed by atoms with E-state index in [1.165, 1.54) is 11.8 Å². The Hall–Kier alpha value is -2.51. The fourth-order valence-corrected chi connectivity index (χ4v) is 5.32. The maximum absolute atomic E-state index is 13.3. The molecule has 32 heavy (non-hydrogen) atoms. The van der Waals surface area contributed by atoms with Gasteiger partial charge in [0.05, 0.1) is 27.5 Å². The molecule has 0 spiro atoms. The molecule has 8 heteroatoms. The average Bonchev–Trinajstić information content (AvgIpc) is 3.11. The summed E-state index contributed by atoms with van der Waals surface area (Å²) in [5.74, 6) is 0.0840. The van der Waals surface area contributed by atoms with Crippen molar-refractivity contribution in [3.05, 3.63) is 53.6 Å². The van der Waals surface area contributed by atoms with Crippen molar-refractivity contribution in [3.63, 3.8) is 0 Å². The lowest BCUT2D eigenvalue weighted by Gasteiger charge is -2.39. The van der Waals surface area contributed by atoms with Crippen molar-refractivity contribution in [2.45, 2.75) is 56.9 Å². The number of anilines is 1. The molecule has 0 radical (unpaired) electrons. The van der Waals surface area contributed by atoms with Crippen LogP contribution in [0, 0.1) is 0 Å². The molecule has 1 saturated heterocycles. The largest absolute Gasteiger partial charge is 0.336 e. The average molecular weight is 471 g/mol. The summed E-state index contributed by atoms with van der Waals surface area (Å²) >= 11 is 7.46. The van der Waals surface area contributed by atoms with Crippen LogP contribution >= 0.6 is 23.4 Å². The predicted octanol–water partition coefficient (Wildman–Crippen LogP) is 5.21. The third-order valence-electron chi connectivity index (χ3n) is 5.87. The maximum atomic E-state index is 13.3. The molecule has 1 aromatic heterocycles. The van der Waals surface area contributed by atoms with E-state index < -0.39 is 0 Å². The van der Waals surface area contributed by atoms with E-state index in [1.54, 1.807) is 12.1 Å². The number of fused-ring (bicyclic) bond motifs is 1. The highest BCUT2D eigenvalue weighted by atomic mass is 35.5. The van der Waals surface area contributed by atoms with Gasteiger partial charge in [0.1, 0.15) is 6.54 Å². The van der Waals surface area contributed by atoms with Gasteiger partial charge >= 0.3 is 0 Å². The number of piperidine rings is 1. The summed E-state index contributed by atoms with van der Waals surface area (Å²) in [5, 5.41) is 3.99. The van der Waals surface area contributed by atoms with Crippen molar-refractivity contribution >= 4 is 51.9 Å². The van der Waals surface area contributed by atoms with E-state index in [4.69, 9.17) is 16.6 Å². The van der Waals surface area contributed by atoms with E-state index in [0.717, 1.165) is 30.3 Å². The van der Waals surface area contributed by atoms with Crippen LogP contribution in [0.5, 0.6) is 0 Å². The quantitative estimate of drug-likeness (QED) is 0.502. The van der Waals surface area contributed by atoms with Crippen molar-refractivity contribution < 1.29 is 9.59 Å². The molecule has 1 aliphatic heterocycles.